The summed E-state index contributed by atoms with van der Waals surface area (Å²) < 4.78 is 11.6. The van der Waals surface area contributed by atoms with Gasteiger partial charge in [0.25, 0.3) is 11.7 Å². The monoisotopic (exact) mass is 480 g/mol. The molecule has 0 spiro atoms. The molecule has 3 rings (SSSR count). The molecule has 2 aromatic rings. The maximum absolute atomic E-state index is 13.3. The molecule has 1 aliphatic rings. The van der Waals surface area contributed by atoms with Gasteiger partial charge in [0.15, 0.2) is 0 Å². The number of aliphatic hydroxyl groups is 1. The minimum atomic E-state index is -0.744. The molecule has 1 aliphatic heterocycles. The smallest absolute Gasteiger partial charge is 0.295 e. The first-order chi connectivity index (χ1) is 16.6. The van der Waals surface area contributed by atoms with E-state index < -0.39 is 17.7 Å². The lowest BCUT2D eigenvalue weighted by atomic mass is 9.94. The second-order valence-corrected chi connectivity index (χ2v) is 9.27. The number of ether oxygens (including phenoxy) is 2. The van der Waals surface area contributed by atoms with Crippen molar-refractivity contribution in [3.05, 3.63) is 64.7 Å². The van der Waals surface area contributed by atoms with E-state index in [1.54, 1.807) is 23.1 Å². The second-order valence-electron chi connectivity index (χ2n) is 9.27. The number of carbonyl (C=O) groups excluding carboxylic acids is 2. The highest BCUT2D eigenvalue weighted by Gasteiger charge is 2.46. The van der Waals surface area contributed by atoms with E-state index >= 15 is 0 Å². The van der Waals surface area contributed by atoms with Crippen LogP contribution >= 0.6 is 0 Å². The van der Waals surface area contributed by atoms with Crippen molar-refractivity contribution in [2.75, 3.05) is 33.8 Å². The van der Waals surface area contributed by atoms with Crippen LogP contribution in [0.5, 0.6) is 11.5 Å². The Morgan fingerprint density at radius 2 is 1.83 bits per heavy atom. The van der Waals surface area contributed by atoms with Gasteiger partial charge in [0.1, 0.15) is 17.3 Å². The topological polar surface area (TPSA) is 79.3 Å². The van der Waals surface area contributed by atoms with Crippen LogP contribution in [0.3, 0.4) is 0 Å². The van der Waals surface area contributed by atoms with Crippen LogP contribution < -0.4 is 9.47 Å². The standard InChI is InChI=1S/C28H36N2O5/c1-7-34-23-12-9-8-11-21(23)25-24(27(32)28(33)30(25)16-10-15-29(5)6)26(31)20-13-14-22(19(4)17-20)35-18(2)3/h8-9,11-14,17-18,25,31H,7,10,15-16H2,1-6H3/t25-/m1/s1. The number of carbonyl (C=O) groups is 2. The Kier molecular flexibility index (Phi) is 8.57. The van der Waals surface area contributed by atoms with E-state index in [0.717, 1.165) is 12.1 Å². The highest BCUT2D eigenvalue weighted by atomic mass is 16.5. The minimum absolute atomic E-state index is 0.00991. The molecule has 7 heteroatoms. The number of aliphatic hydroxyl groups excluding tert-OH is 1. The van der Waals surface area contributed by atoms with Crippen LogP contribution in [0.2, 0.25) is 0 Å². The van der Waals surface area contributed by atoms with E-state index in [2.05, 4.69) is 0 Å². The fourth-order valence-electron chi connectivity index (χ4n) is 4.32. The molecule has 0 bridgehead atoms. The Morgan fingerprint density at radius 3 is 2.46 bits per heavy atom. The van der Waals surface area contributed by atoms with Gasteiger partial charge in [-0.05, 0) is 84.6 Å². The van der Waals surface area contributed by atoms with Gasteiger partial charge in [0.2, 0.25) is 0 Å². The third-order valence-electron chi connectivity index (χ3n) is 5.87. The number of hydrogen-bond donors (Lipinski definition) is 1. The van der Waals surface area contributed by atoms with Gasteiger partial charge in [0.05, 0.1) is 24.3 Å². The summed E-state index contributed by atoms with van der Waals surface area (Å²) in [4.78, 5) is 30.1. The van der Waals surface area contributed by atoms with Crippen molar-refractivity contribution in [1.29, 1.82) is 0 Å². The van der Waals surface area contributed by atoms with Crippen LogP contribution in [-0.2, 0) is 9.59 Å². The number of para-hydroxylation sites is 1. The molecule has 0 saturated carbocycles. The molecule has 188 valence electrons. The van der Waals surface area contributed by atoms with E-state index in [4.69, 9.17) is 9.47 Å². The molecule has 1 atom stereocenters. The third kappa shape index (κ3) is 5.85. The molecule has 1 N–H and O–H groups in total. The molecule has 2 aromatic carbocycles. The first-order valence-corrected chi connectivity index (χ1v) is 12.1. The van der Waals surface area contributed by atoms with E-state index in [1.165, 1.54) is 0 Å². The number of amides is 1. The van der Waals surface area contributed by atoms with Crippen molar-refractivity contribution in [3.8, 4) is 11.5 Å². The van der Waals surface area contributed by atoms with Gasteiger partial charge in [-0.1, -0.05) is 18.2 Å². The van der Waals surface area contributed by atoms with Gasteiger partial charge in [-0.2, -0.15) is 0 Å². The largest absolute Gasteiger partial charge is 0.507 e. The summed E-state index contributed by atoms with van der Waals surface area (Å²) in [6.07, 6.45) is 0.698. The molecule has 1 amide bonds. The number of likely N-dealkylation sites (tertiary alicyclic amines) is 1. The van der Waals surface area contributed by atoms with Gasteiger partial charge in [-0.3, -0.25) is 9.59 Å². The predicted octanol–water partition coefficient (Wildman–Crippen LogP) is 4.55. The van der Waals surface area contributed by atoms with E-state index in [1.807, 2.05) is 71.0 Å². The summed E-state index contributed by atoms with van der Waals surface area (Å²) >= 11 is 0. The summed E-state index contributed by atoms with van der Waals surface area (Å²) in [5, 5.41) is 11.4. The summed E-state index contributed by atoms with van der Waals surface area (Å²) in [7, 11) is 3.93. The molecule has 1 fully saturated rings. The van der Waals surface area contributed by atoms with Gasteiger partial charge >= 0.3 is 0 Å². The molecule has 0 aromatic heterocycles. The maximum Gasteiger partial charge on any atom is 0.295 e. The van der Waals surface area contributed by atoms with Crippen molar-refractivity contribution < 1.29 is 24.2 Å². The zero-order chi connectivity index (χ0) is 25.7. The molecule has 0 unspecified atom stereocenters. The predicted molar refractivity (Wildman–Crippen MR) is 137 cm³/mol. The Hall–Kier alpha value is -3.32. The second kappa shape index (κ2) is 11.4. The van der Waals surface area contributed by atoms with Gasteiger partial charge in [-0.15, -0.1) is 0 Å². The molecular weight excluding hydrogens is 444 g/mol. The fourth-order valence-corrected chi connectivity index (χ4v) is 4.32. The van der Waals surface area contributed by atoms with Crippen molar-refractivity contribution in [1.82, 2.24) is 9.80 Å². The quantitative estimate of drug-likeness (QED) is 0.305. The van der Waals surface area contributed by atoms with Crippen LogP contribution in [0.4, 0.5) is 0 Å². The Bertz CT molecular complexity index is 1110. The maximum atomic E-state index is 13.3. The van der Waals surface area contributed by atoms with E-state index in [-0.39, 0.29) is 17.4 Å². The summed E-state index contributed by atoms with van der Waals surface area (Å²) in [6, 6.07) is 11.9. The Morgan fingerprint density at radius 1 is 1.11 bits per heavy atom. The van der Waals surface area contributed by atoms with Crippen molar-refractivity contribution in [2.45, 2.75) is 46.3 Å². The number of ketones is 1. The highest BCUT2D eigenvalue weighted by molar-refractivity contribution is 6.46. The Balaban J connectivity index is 2.13. The first kappa shape index (κ1) is 26.3. The van der Waals surface area contributed by atoms with Gasteiger partial charge < -0.3 is 24.4 Å². The molecule has 1 heterocycles. The number of rotatable bonds is 10. The van der Waals surface area contributed by atoms with Crippen LogP contribution in [0.15, 0.2) is 48.0 Å². The summed E-state index contributed by atoms with van der Waals surface area (Å²) in [5.74, 6) is -0.211. The van der Waals surface area contributed by atoms with Crippen LogP contribution in [0, 0.1) is 6.92 Å². The molecule has 7 nitrogen and oxygen atoms in total. The first-order valence-electron chi connectivity index (χ1n) is 12.1. The molecular formula is C28H36N2O5. The third-order valence-corrected chi connectivity index (χ3v) is 5.87. The van der Waals surface area contributed by atoms with E-state index in [9.17, 15) is 14.7 Å². The Labute approximate surface area is 207 Å². The summed E-state index contributed by atoms with van der Waals surface area (Å²) in [6.45, 7) is 9.24. The van der Waals surface area contributed by atoms with Crippen LogP contribution in [0.25, 0.3) is 5.76 Å². The lowest BCUT2D eigenvalue weighted by Gasteiger charge is -2.27. The van der Waals surface area contributed by atoms with Gasteiger partial charge in [-0.25, -0.2) is 0 Å². The number of hydrogen-bond acceptors (Lipinski definition) is 6. The molecule has 0 aliphatic carbocycles. The zero-order valence-corrected chi connectivity index (χ0v) is 21.5. The average Bonchev–Trinajstić information content (AvgIpc) is 3.05. The normalized spacial score (nSPS) is 17.5. The molecule has 0 radical (unpaired) electrons. The number of Topliss-reactive ketones (excluding diaryl/α,β-unsaturated/α-hetero) is 1. The average molecular weight is 481 g/mol. The van der Waals surface area contributed by atoms with Crippen LogP contribution in [0.1, 0.15) is 49.9 Å². The number of aryl methyl sites for hydroxylation is 1. The molecule has 35 heavy (non-hydrogen) atoms. The number of nitrogens with zero attached hydrogens (tertiary/aromatic N) is 2. The van der Waals surface area contributed by atoms with Crippen molar-refractivity contribution in [2.24, 2.45) is 0 Å². The lowest BCUT2D eigenvalue weighted by Crippen LogP contribution is -2.32. The zero-order valence-electron chi connectivity index (χ0n) is 21.5. The van der Waals surface area contributed by atoms with E-state index in [0.29, 0.717) is 42.2 Å². The minimum Gasteiger partial charge on any atom is -0.507 e. The SMILES string of the molecule is CCOc1ccccc1[C@@H]1C(=C(O)c2ccc(OC(C)C)c(C)c2)C(=O)C(=O)N1CCCN(C)C. The fraction of sp³-hybridized carbons (Fsp3) is 0.429. The van der Waals surface area contributed by atoms with Crippen LogP contribution in [-0.4, -0.2) is 66.5 Å². The summed E-state index contributed by atoms with van der Waals surface area (Å²) in [5.41, 5.74) is 2.04. The lowest BCUT2D eigenvalue weighted by molar-refractivity contribution is -0.140. The number of benzene rings is 2. The highest BCUT2D eigenvalue weighted by Crippen LogP contribution is 2.43. The van der Waals surface area contributed by atoms with Gasteiger partial charge in [0, 0.05) is 17.7 Å². The van der Waals surface area contributed by atoms with Crippen molar-refractivity contribution >= 4 is 17.4 Å². The molecule has 1 saturated heterocycles. The van der Waals surface area contributed by atoms with Crippen molar-refractivity contribution in [3.63, 3.8) is 0 Å².